The Morgan fingerprint density at radius 2 is 2.13 bits per heavy atom. The molecule has 1 saturated carbocycles. The number of benzene rings is 1. The Morgan fingerprint density at radius 1 is 1.27 bits per heavy atom. The van der Waals surface area contributed by atoms with Gasteiger partial charge in [-0.05, 0) is 48.9 Å². The lowest BCUT2D eigenvalue weighted by Gasteiger charge is -2.12. The maximum absolute atomic E-state index is 12.3. The predicted molar refractivity (Wildman–Crippen MR) is 111 cm³/mol. The maximum Gasteiger partial charge on any atom is 0.258 e. The van der Waals surface area contributed by atoms with Crippen LogP contribution in [-0.4, -0.2) is 41.5 Å². The molecule has 10 nitrogen and oxygen atoms in total. The van der Waals surface area contributed by atoms with E-state index in [0.29, 0.717) is 28.9 Å². The van der Waals surface area contributed by atoms with E-state index in [1.165, 1.54) is 0 Å². The van der Waals surface area contributed by atoms with E-state index in [-0.39, 0.29) is 23.4 Å². The van der Waals surface area contributed by atoms with E-state index in [0.717, 1.165) is 23.9 Å². The molecule has 1 aliphatic rings. The van der Waals surface area contributed by atoms with Crippen LogP contribution in [0.3, 0.4) is 0 Å². The van der Waals surface area contributed by atoms with Gasteiger partial charge in [-0.15, -0.1) is 5.10 Å². The summed E-state index contributed by atoms with van der Waals surface area (Å²) in [6.07, 6.45) is 5.63. The molecule has 1 aliphatic carbocycles. The van der Waals surface area contributed by atoms with Crippen molar-refractivity contribution in [2.45, 2.75) is 25.3 Å². The van der Waals surface area contributed by atoms with Gasteiger partial charge in [0.1, 0.15) is 0 Å². The summed E-state index contributed by atoms with van der Waals surface area (Å²) in [7, 11) is 1.72. The molecular formula is C20H20N8O2. The summed E-state index contributed by atoms with van der Waals surface area (Å²) in [4.78, 5) is 32.6. The van der Waals surface area contributed by atoms with Crippen molar-refractivity contribution in [2.75, 3.05) is 5.32 Å². The minimum Gasteiger partial charge on any atom is -0.369 e. The summed E-state index contributed by atoms with van der Waals surface area (Å²) in [6, 6.07) is 7.47. The fraction of sp³-hybridized carbons (Fsp3) is 0.300. The molecule has 3 aromatic heterocycles. The highest BCUT2D eigenvalue weighted by Crippen LogP contribution is 2.27. The fourth-order valence-corrected chi connectivity index (χ4v) is 3.99. The van der Waals surface area contributed by atoms with Gasteiger partial charge in [0.05, 0.1) is 11.9 Å². The van der Waals surface area contributed by atoms with Gasteiger partial charge in [0, 0.05) is 30.6 Å². The third-order valence-corrected chi connectivity index (χ3v) is 5.67. The van der Waals surface area contributed by atoms with Gasteiger partial charge in [0.15, 0.2) is 11.2 Å². The lowest BCUT2D eigenvalue weighted by molar-refractivity contribution is -0.121. The lowest BCUT2D eigenvalue weighted by atomic mass is 10.1. The van der Waals surface area contributed by atoms with Crippen LogP contribution in [0.5, 0.6) is 0 Å². The summed E-state index contributed by atoms with van der Waals surface area (Å²) in [5, 5.41) is 13.1. The highest BCUT2D eigenvalue weighted by Gasteiger charge is 2.28. The molecule has 2 atom stereocenters. The number of nitrogens with two attached hydrogens (primary N) is 1. The van der Waals surface area contributed by atoms with Crippen LogP contribution >= 0.6 is 0 Å². The molecule has 2 unspecified atom stereocenters. The predicted octanol–water partition coefficient (Wildman–Crippen LogP) is 1.13. The molecule has 1 aromatic carbocycles. The minimum absolute atomic E-state index is 0.0536. The highest BCUT2D eigenvalue weighted by molar-refractivity contribution is 5.84. The second-order valence-corrected chi connectivity index (χ2v) is 7.66. The molecule has 3 heterocycles. The first kappa shape index (κ1) is 18.2. The van der Waals surface area contributed by atoms with Crippen LogP contribution < -0.4 is 16.6 Å². The monoisotopic (exact) mass is 404 g/mol. The van der Waals surface area contributed by atoms with Crippen molar-refractivity contribution in [2.24, 2.45) is 18.7 Å². The molecular weight excluding hydrogens is 384 g/mol. The van der Waals surface area contributed by atoms with Crippen molar-refractivity contribution in [1.29, 1.82) is 0 Å². The van der Waals surface area contributed by atoms with Gasteiger partial charge in [0.25, 0.3) is 5.56 Å². The number of hydrogen-bond acceptors (Lipinski definition) is 7. The number of anilines is 1. The smallest absolute Gasteiger partial charge is 0.258 e. The van der Waals surface area contributed by atoms with Crippen LogP contribution in [-0.2, 0) is 11.8 Å². The van der Waals surface area contributed by atoms with E-state index in [1.54, 1.807) is 34.8 Å². The van der Waals surface area contributed by atoms with Crippen molar-refractivity contribution < 1.29 is 4.79 Å². The number of nitrogens with one attached hydrogen (secondary N) is 1. The van der Waals surface area contributed by atoms with Crippen molar-refractivity contribution in [1.82, 2.24) is 29.5 Å². The number of aromatic nitrogens is 6. The van der Waals surface area contributed by atoms with Crippen molar-refractivity contribution in [3.63, 3.8) is 0 Å². The zero-order valence-corrected chi connectivity index (χ0v) is 16.3. The third-order valence-electron chi connectivity index (χ3n) is 5.67. The molecule has 0 bridgehead atoms. The van der Waals surface area contributed by atoms with Gasteiger partial charge in [-0.25, -0.2) is 4.98 Å². The van der Waals surface area contributed by atoms with Crippen LogP contribution in [0.1, 0.15) is 19.3 Å². The average molecular weight is 404 g/mol. The topological polar surface area (TPSA) is 134 Å². The number of pyridine rings is 1. The first-order valence-electron chi connectivity index (χ1n) is 9.73. The Kier molecular flexibility index (Phi) is 4.19. The van der Waals surface area contributed by atoms with Crippen LogP contribution in [0.4, 0.5) is 5.95 Å². The highest BCUT2D eigenvalue weighted by atomic mass is 16.1. The van der Waals surface area contributed by atoms with Crippen LogP contribution in [0.25, 0.3) is 27.6 Å². The van der Waals surface area contributed by atoms with E-state index in [9.17, 15) is 9.59 Å². The van der Waals surface area contributed by atoms with E-state index < -0.39 is 0 Å². The molecule has 0 spiro atoms. The zero-order valence-electron chi connectivity index (χ0n) is 16.3. The number of nitrogens with zero attached hydrogens (tertiary/aromatic N) is 6. The molecule has 0 saturated heterocycles. The minimum atomic E-state index is -0.260. The molecule has 152 valence electrons. The van der Waals surface area contributed by atoms with Crippen LogP contribution in [0.2, 0.25) is 0 Å². The number of fused-ring (bicyclic) bond motifs is 2. The normalized spacial score (nSPS) is 18.8. The quantitative estimate of drug-likeness (QED) is 0.521. The largest absolute Gasteiger partial charge is 0.369 e. The second-order valence-electron chi connectivity index (χ2n) is 7.66. The molecule has 0 radical (unpaired) electrons. The van der Waals surface area contributed by atoms with Crippen molar-refractivity contribution in [3.8, 4) is 5.69 Å². The van der Waals surface area contributed by atoms with Gasteiger partial charge in [-0.3, -0.25) is 9.59 Å². The maximum atomic E-state index is 12.3. The zero-order chi connectivity index (χ0) is 20.8. The second kappa shape index (κ2) is 6.90. The van der Waals surface area contributed by atoms with Crippen molar-refractivity contribution >= 4 is 33.8 Å². The number of rotatable bonds is 4. The number of aryl methyl sites for hydroxylation is 1. The summed E-state index contributed by atoms with van der Waals surface area (Å²) < 4.78 is 3.17. The SMILES string of the molecule is Cn1ccc2cc(-n3nnc4cnc(NC5CCC(C(N)=O)C5)nc43)ccc2c1=O. The van der Waals surface area contributed by atoms with Gasteiger partial charge >= 0.3 is 0 Å². The van der Waals surface area contributed by atoms with E-state index in [2.05, 4.69) is 25.6 Å². The standard InChI is InChI=1S/C20H20N8O2/c1-27-7-6-11-9-14(4-5-15(11)19(27)30)28-18-16(25-26-28)10-22-20(24-18)23-13-3-2-12(8-13)17(21)29/h4-7,9-10,12-13H,2-3,8H2,1H3,(H2,21,29)(H,22,23,24). The van der Waals surface area contributed by atoms with E-state index in [4.69, 9.17) is 5.73 Å². The number of carbonyl (C=O) groups is 1. The Labute approximate surface area is 170 Å². The Hall–Kier alpha value is -3.82. The molecule has 30 heavy (non-hydrogen) atoms. The van der Waals surface area contributed by atoms with E-state index in [1.807, 2.05) is 18.2 Å². The Morgan fingerprint density at radius 3 is 2.93 bits per heavy atom. The molecule has 5 rings (SSSR count). The van der Waals surface area contributed by atoms with Gasteiger partial charge in [0.2, 0.25) is 11.9 Å². The number of amides is 1. The van der Waals surface area contributed by atoms with Gasteiger partial charge in [-0.2, -0.15) is 9.67 Å². The summed E-state index contributed by atoms with van der Waals surface area (Å²) in [5.41, 5.74) is 7.23. The Balaban J connectivity index is 1.49. The first-order valence-corrected chi connectivity index (χ1v) is 9.73. The molecule has 1 fully saturated rings. The molecule has 4 aromatic rings. The summed E-state index contributed by atoms with van der Waals surface area (Å²) >= 11 is 0. The van der Waals surface area contributed by atoms with Crippen LogP contribution in [0, 0.1) is 5.92 Å². The summed E-state index contributed by atoms with van der Waals surface area (Å²) in [5.74, 6) is 0.0867. The van der Waals surface area contributed by atoms with Gasteiger partial charge < -0.3 is 15.6 Å². The molecule has 3 N–H and O–H groups in total. The number of carbonyl (C=O) groups excluding carboxylic acids is 1. The lowest BCUT2D eigenvalue weighted by Crippen LogP contribution is -2.23. The average Bonchev–Trinajstić information content (AvgIpc) is 3.37. The number of primary amides is 1. The van der Waals surface area contributed by atoms with Crippen LogP contribution in [0.15, 0.2) is 41.5 Å². The van der Waals surface area contributed by atoms with Crippen molar-refractivity contribution in [3.05, 3.63) is 47.0 Å². The first-order chi connectivity index (χ1) is 14.5. The van der Waals surface area contributed by atoms with Gasteiger partial charge in [-0.1, -0.05) is 5.21 Å². The summed E-state index contributed by atoms with van der Waals surface area (Å²) in [6.45, 7) is 0. The Bertz CT molecular complexity index is 1340. The molecule has 1 amide bonds. The fourth-order valence-electron chi connectivity index (χ4n) is 3.99. The molecule has 0 aliphatic heterocycles. The third kappa shape index (κ3) is 3.06. The molecule has 10 heteroatoms. The number of hydrogen-bond donors (Lipinski definition) is 2. The van der Waals surface area contributed by atoms with E-state index >= 15 is 0 Å².